The summed E-state index contributed by atoms with van der Waals surface area (Å²) in [6.45, 7) is 0. The molecule has 4 heteroatoms. The van der Waals surface area contributed by atoms with Crippen LogP contribution in [0, 0.1) is 0 Å². The third kappa shape index (κ3) is 4.46. The molecule has 43 heavy (non-hydrogen) atoms. The number of fused-ring (bicyclic) bond motifs is 3. The molecule has 0 aliphatic heterocycles. The van der Waals surface area contributed by atoms with E-state index in [1.54, 1.807) is 4.57 Å². The van der Waals surface area contributed by atoms with Crippen molar-refractivity contribution in [1.29, 1.82) is 0 Å². The predicted molar refractivity (Wildman–Crippen MR) is 176 cm³/mol. The van der Waals surface area contributed by atoms with Gasteiger partial charge in [-0.1, -0.05) is 146 Å². The van der Waals surface area contributed by atoms with Gasteiger partial charge in [-0.25, -0.2) is 4.98 Å². The van der Waals surface area contributed by atoms with Crippen molar-refractivity contribution in [2.75, 3.05) is 0 Å². The molecule has 0 spiro atoms. The lowest BCUT2D eigenvalue weighted by Gasteiger charge is -2.11. The lowest BCUT2D eigenvalue weighted by Crippen LogP contribution is -2.06. The molecule has 0 N–H and O–H groups in total. The molecule has 0 aliphatic carbocycles. The van der Waals surface area contributed by atoms with Crippen LogP contribution in [0.2, 0.25) is 0 Å². The Hall–Kier alpha value is -5.87. The van der Waals surface area contributed by atoms with Crippen molar-refractivity contribution < 1.29 is 5.48 Å². The Balaban J connectivity index is 1.45. The molecule has 2 heterocycles. The number of aromatic nitrogens is 4. The first-order valence-corrected chi connectivity index (χ1v) is 14.1. The highest BCUT2D eigenvalue weighted by Gasteiger charge is 2.19. The van der Waals surface area contributed by atoms with Crippen LogP contribution < -0.4 is 0 Å². The minimum atomic E-state index is -0.319. The molecule has 0 amide bonds. The Labute approximate surface area is 255 Å². The molecule has 8 rings (SSSR count). The largest absolute Gasteiger partial charge is 0.278 e. The van der Waals surface area contributed by atoms with Crippen LogP contribution in [0.3, 0.4) is 0 Å². The Morgan fingerprint density at radius 3 is 1.60 bits per heavy atom. The monoisotopic (exact) mass is 554 g/mol. The summed E-state index contributed by atoms with van der Waals surface area (Å²) in [4.78, 5) is 14.7. The maximum atomic E-state index is 9.10. The van der Waals surface area contributed by atoms with Crippen molar-refractivity contribution in [1.82, 2.24) is 19.5 Å². The first kappa shape index (κ1) is 20.9. The maximum absolute atomic E-state index is 9.10. The van der Waals surface area contributed by atoms with E-state index in [1.807, 2.05) is 97.1 Å². The summed E-state index contributed by atoms with van der Waals surface area (Å²) in [5, 5.41) is 1.11. The van der Waals surface area contributed by atoms with Crippen LogP contribution in [-0.4, -0.2) is 19.5 Å². The van der Waals surface area contributed by atoms with Gasteiger partial charge in [0, 0.05) is 21.9 Å². The van der Waals surface area contributed by atoms with Crippen LogP contribution in [0.15, 0.2) is 158 Å². The molecule has 2 aromatic heterocycles. The van der Waals surface area contributed by atoms with Crippen molar-refractivity contribution >= 4 is 21.8 Å². The fourth-order valence-corrected chi connectivity index (χ4v) is 5.58. The summed E-state index contributed by atoms with van der Waals surface area (Å²) >= 11 is 0. The fourth-order valence-electron chi connectivity index (χ4n) is 5.58. The standard InChI is InChI=1S/C39H26N4/c1-4-13-27(14-5-1)28-23-25-29(26-24-28)32-20-12-22-35-36(32)33-19-10-11-21-34(33)43(35)39-41-37(30-15-6-2-7-16-30)40-38(42-39)31-17-8-3-9-18-31/h1-26H/i10D,11D,19D,21D. The molecule has 0 saturated carbocycles. The van der Waals surface area contributed by atoms with E-state index < -0.39 is 0 Å². The second kappa shape index (κ2) is 10.5. The van der Waals surface area contributed by atoms with E-state index in [2.05, 4.69) is 36.4 Å². The van der Waals surface area contributed by atoms with Gasteiger partial charge in [-0.15, -0.1) is 0 Å². The zero-order chi connectivity index (χ0) is 32.1. The second-order valence-electron chi connectivity index (χ2n) is 10.2. The van der Waals surface area contributed by atoms with Crippen LogP contribution in [-0.2, 0) is 0 Å². The summed E-state index contributed by atoms with van der Waals surface area (Å²) < 4.78 is 37.2. The zero-order valence-electron chi connectivity index (χ0n) is 27.0. The van der Waals surface area contributed by atoms with Gasteiger partial charge in [0.1, 0.15) is 0 Å². The maximum Gasteiger partial charge on any atom is 0.238 e. The number of para-hydroxylation sites is 1. The molecule has 8 aromatic rings. The Morgan fingerprint density at radius 1 is 0.442 bits per heavy atom. The molecule has 0 aliphatic rings. The first-order valence-electron chi connectivity index (χ1n) is 16.1. The van der Waals surface area contributed by atoms with E-state index in [0.29, 0.717) is 33.5 Å². The van der Waals surface area contributed by atoms with Gasteiger partial charge in [-0.2, -0.15) is 9.97 Å². The summed E-state index contributed by atoms with van der Waals surface area (Å²) in [6, 6.07) is 42.7. The average molecular weight is 555 g/mol. The van der Waals surface area contributed by atoms with Crippen LogP contribution in [0.1, 0.15) is 5.48 Å². The minimum Gasteiger partial charge on any atom is -0.278 e. The molecule has 0 unspecified atom stereocenters. The van der Waals surface area contributed by atoms with Crippen molar-refractivity contribution in [2.45, 2.75) is 0 Å². The molecular weight excluding hydrogens is 524 g/mol. The second-order valence-corrected chi connectivity index (χ2v) is 10.2. The minimum absolute atomic E-state index is 0.112. The van der Waals surface area contributed by atoms with Crippen molar-refractivity contribution in [3.63, 3.8) is 0 Å². The number of hydrogen-bond acceptors (Lipinski definition) is 3. The van der Waals surface area contributed by atoms with E-state index in [1.165, 1.54) is 0 Å². The lowest BCUT2D eigenvalue weighted by atomic mass is 9.97. The van der Waals surface area contributed by atoms with Crippen LogP contribution in [0.5, 0.6) is 0 Å². The van der Waals surface area contributed by atoms with Crippen molar-refractivity contribution in [3.05, 3.63) is 158 Å². The summed E-state index contributed by atoms with van der Waals surface area (Å²) in [7, 11) is 0. The number of rotatable bonds is 5. The molecule has 202 valence electrons. The van der Waals surface area contributed by atoms with E-state index in [-0.39, 0.29) is 30.1 Å². The molecule has 0 radical (unpaired) electrons. The predicted octanol–water partition coefficient (Wildman–Crippen LogP) is 9.64. The highest BCUT2D eigenvalue weighted by atomic mass is 15.2. The van der Waals surface area contributed by atoms with Crippen LogP contribution in [0.25, 0.3) is 72.8 Å². The third-order valence-corrected chi connectivity index (χ3v) is 7.62. The van der Waals surface area contributed by atoms with Gasteiger partial charge in [0.15, 0.2) is 11.6 Å². The van der Waals surface area contributed by atoms with E-state index in [0.717, 1.165) is 33.4 Å². The normalized spacial score (nSPS) is 12.6. The smallest absolute Gasteiger partial charge is 0.238 e. The summed E-state index contributed by atoms with van der Waals surface area (Å²) in [5.74, 6) is 1.18. The van der Waals surface area contributed by atoms with E-state index >= 15 is 0 Å². The SMILES string of the molecule is [2H]c1c([2H])c([2H])c2c(c1[2H])c1c(-c3ccc(-c4ccccc4)cc3)cccc1n2-c1nc(-c2ccccc2)nc(-c2ccccc2)n1. The summed E-state index contributed by atoms with van der Waals surface area (Å²) in [6.07, 6.45) is 0. The third-order valence-electron chi connectivity index (χ3n) is 7.62. The molecule has 0 fully saturated rings. The van der Waals surface area contributed by atoms with Gasteiger partial charge in [-0.3, -0.25) is 4.57 Å². The first-order chi connectivity index (χ1) is 23.0. The summed E-state index contributed by atoms with van der Waals surface area (Å²) in [5.41, 5.74) is 6.54. The quantitative estimate of drug-likeness (QED) is 0.213. The Kier molecular flexibility index (Phi) is 5.11. The van der Waals surface area contributed by atoms with Gasteiger partial charge in [-0.05, 0) is 34.4 Å². The molecule has 0 saturated heterocycles. The highest BCUT2D eigenvalue weighted by Crippen LogP contribution is 2.38. The van der Waals surface area contributed by atoms with Gasteiger partial charge in [0.05, 0.1) is 16.5 Å². The van der Waals surface area contributed by atoms with Crippen molar-refractivity contribution in [3.8, 4) is 51.0 Å². The highest BCUT2D eigenvalue weighted by molar-refractivity contribution is 6.15. The Morgan fingerprint density at radius 2 is 0.977 bits per heavy atom. The molecular formula is C39H26N4. The van der Waals surface area contributed by atoms with Crippen LogP contribution >= 0.6 is 0 Å². The lowest BCUT2D eigenvalue weighted by molar-refractivity contribution is 0.953. The van der Waals surface area contributed by atoms with Gasteiger partial charge < -0.3 is 0 Å². The molecule has 0 bridgehead atoms. The van der Waals surface area contributed by atoms with Crippen molar-refractivity contribution in [2.24, 2.45) is 0 Å². The number of nitrogens with zero attached hydrogens (tertiary/aromatic N) is 4. The van der Waals surface area contributed by atoms with Crippen LogP contribution in [0.4, 0.5) is 0 Å². The van der Waals surface area contributed by atoms with E-state index in [9.17, 15) is 0 Å². The molecule has 6 aromatic carbocycles. The zero-order valence-corrected chi connectivity index (χ0v) is 23.0. The Bertz CT molecular complexity index is 2370. The van der Waals surface area contributed by atoms with Gasteiger partial charge >= 0.3 is 0 Å². The topological polar surface area (TPSA) is 43.6 Å². The molecule has 0 atom stereocenters. The van der Waals surface area contributed by atoms with Gasteiger partial charge in [0.2, 0.25) is 5.95 Å². The van der Waals surface area contributed by atoms with E-state index in [4.69, 9.17) is 20.4 Å². The molecule has 4 nitrogen and oxygen atoms in total. The number of hydrogen-bond donors (Lipinski definition) is 0. The number of benzene rings is 6. The fraction of sp³-hybridized carbons (Fsp3) is 0. The van der Waals surface area contributed by atoms with Gasteiger partial charge in [0.25, 0.3) is 0 Å². The average Bonchev–Trinajstić information content (AvgIpc) is 3.50.